The third-order valence-corrected chi connectivity index (χ3v) is 8.47. The number of nitrogens with one attached hydrogen (secondary N) is 2. The molecule has 0 saturated heterocycles. The largest absolute Gasteiger partial charge is 0.335 e. The van der Waals surface area contributed by atoms with Crippen molar-refractivity contribution in [2.75, 3.05) is 5.75 Å². The van der Waals surface area contributed by atoms with Gasteiger partial charge in [-0.2, -0.15) is 0 Å². The smallest absolute Gasteiger partial charge is 0.321 e. The number of urea groups is 1. The molecule has 2 aliphatic rings. The zero-order chi connectivity index (χ0) is 23.7. The first kappa shape index (κ1) is 23.1. The summed E-state index contributed by atoms with van der Waals surface area (Å²) in [5.74, 6) is 0.232. The van der Waals surface area contributed by atoms with E-state index in [0.29, 0.717) is 24.0 Å². The molecule has 34 heavy (non-hydrogen) atoms. The second-order valence-corrected chi connectivity index (χ2v) is 11.2. The molecule has 5 rings (SSSR count). The van der Waals surface area contributed by atoms with Crippen LogP contribution in [-0.4, -0.2) is 33.3 Å². The van der Waals surface area contributed by atoms with E-state index < -0.39 is 11.9 Å². The van der Waals surface area contributed by atoms with Crippen molar-refractivity contribution in [3.05, 3.63) is 56.7 Å². The lowest BCUT2D eigenvalue weighted by atomic mass is 9.89. The molecule has 1 unspecified atom stereocenters. The minimum atomic E-state index is -0.460. The summed E-state index contributed by atoms with van der Waals surface area (Å²) < 4.78 is 1.71. The Hall–Kier alpha value is -2.65. The molecule has 178 valence electrons. The van der Waals surface area contributed by atoms with Crippen LogP contribution in [0.15, 0.2) is 40.3 Å². The van der Waals surface area contributed by atoms with Crippen LogP contribution >= 0.6 is 23.1 Å². The van der Waals surface area contributed by atoms with Crippen LogP contribution in [0.2, 0.25) is 0 Å². The molecule has 2 N–H and O–H groups in total. The Morgan fingerprint density at radius 3 is 2.76 bits per heavy atom. The lowest BCUT2D eigenvalue weighted by Gasteiger charge is -2.17. The molecule has 9 heteroatoms. The van der Waals surface area contributed by atoms with E-state index in [-0.39, 0.29) is 17.4 Å². The monoisotopic (exact) mass is 496 g/mol. The van der Waals surface area contributed by atoms with E-state index in [4.69, 9.17) is 4.98 Å². The van der Waals surface area contributed by atoms with Crippen molar-refractivity contribution in [3.8, 4) is 0 Å². The molecule has 3 amide bonds. The number of hydrogen-bond donors (Lipinski definition) is 2. The predicted octanol–water partition coefficient (Wildman–Crippen LogP) is 3.91. The van der Waals surface area contributed by atoms with E-state index >= 15 is 0 Å². The number of aryl methyl sites for hydroxylation is 2. The summed E-state index contributed by atoms with van der Waals surface area (Å²) in [5, 5.41) is 6.39. The molecule has 2 heterocycles. The van der Waals surface area contributed by atoms with Crippen LogP contribution in [0, 0.1) is 5.92 Å². The number of carbonyl (C=O) groups is 2. The van der Waals surface area contributed by atoms with Gasteiger partial charge in [-0.25, -0.2) is 9.78 Å². The van der Waals surface area contributed by atoms with Gasteiger partial charge in [-0.3, -0.25) is 19.5 Å². The number of carbonyl (C=O) groups excluding carboxylic acids is 2. The molecule has 2 aliphatic carbocycles. The maximum atomic E-state index is 13.7. The fourth-order valence-corrected chi connectivity index (χ4v) is 6.59. The maximum absolute atomic E-state index is 13.7. The summed E-state index contributed by atoms with van der Waals surface area (Å²) in [6.07, 6.45) is 5.59. The molecule has 3 aromatic rings. The number of thioether (sulfide) groups is 1. The highest BCUT2D eigenvalue weighted by Crippen LogP contribution is 2.36. The van der Waals surface area contributed by atoms with Crippen LogP contribution in [0.3, 0.4) is 0 Å². The average molecular weight is 497 g/mol. The first-order chi connectivity index (χ1) is 16.5. The van der Waals surface area contributed by atoms with Gasteiger partial charge in [0.1, 0.15) is 4.83 Å². The molecule has 0 bridgehead atoms. The number of aromatic nitrogens is 2. The Balaban J connectivity index is 1.41. The van der Waals surface area contributed by atoms with E-state index in [1.807, 2.05) is 30.3 Å². The Labute approximate surface area is 206 Å². The SMILES string of the molecule is CC1CCc2c(sc3nc(SCC(=O)NC(=O)NC4CC4)n(CCc4ccccc4)c(=O)c23)C1. The maximum Gasteiger partial charge on any atom is 0.321 e. The first-order valence-corrected chi connectivity index (χ1v) is 13.6. The zero-order valence-electron chi connectivity index (χ0n) is 19.1. The average Bonchev–Trinajstić information content (AvgIpc) is 3.55. The number of nitrogens with zero attached hydrogens (tertiary/aromatic N) is 2. The van der Waals surface area contributed by atoms with Gasteiger partial charge in [0, 0.05) is 17.5 Å². The minimum Gasteiger partial charge on any atom is -0.335 e. The number of amides is 3. The number of imide groups is 1. The molecule has 2 aromatic heterocycles. The van der Waals surface area contributed by atoms with Crippen molar-refractivity contribution in [2.45, 2.75) is 63.2 Å². The van der Waals surface area contributed by atoms with Crippen LogP contribution < -0.4 is 16.2 Å². The van der Waals surface area contributed by atoms with Crippen molar-refractivity contribution >= 4 is 45.3 Å². The fourth-order valence-electron chi connectivity index (χ4n) is 4.34. The first-order valence-electron chi connectivity index (χ1n) is 11.8. The van der Waals surface area contributed by atoms with Gasteiger partial charge in [-0.15, -0.1) is 11.3 Å². The second-order valence-electron chi connectivity index (χ2n) is 9.20. The summed E-state index contributed by atoms with van der Waals surface area (Å²) in [5.41, 5.74) is 2.28. The Morgan fingerprint density at radius 2 is 2.00 bits per heavy atom. The quantitative estimate of drug-likeness (QED) is 0.382. The molecule has 1 atom stereocenters. The van der Waals surface area contributed by atoms with Crippen molar-refractivity contribution < 1.29 is 9.59 Å². The number of fused-ring (bicyclic) bond motifs is 3. The molecule has 0 aliphatic heterocycles. The van der Waals surface area contributed by atoms with E-state index in [1.54, 1.807) is 15.9 Å². The van der Waals surface area contributed by atoms with E-state index in [0.717, 1.165) is 53.4 Å². The van der Waals surface area contributed by atoms with Gasteiger partial charge in [-0.05, 0) is 55.6 Å². The van der Waals surface area contributed by atoms with Crippen molar-refractivity contribution in [2.24, 2.45) is 5.92 Å². The molecule has 1 saturated carbocycles. The van der Waals surface area contributed by atoms with Gasteiger partial charge >= 0.3 is 6.03 Å². The highest BCUT2D eigenvalue weighted by atomic mass is 32.2. The van der Waals surface area contributed by atoms with Gasteiger partial charge in [0.2, 0.25) is 5.91 Å². The predicted molar refractivity (Wildman–Crippen MR) is 136 cm³/mol. The Kier molecular flexibility index (Phi) is 6.74. The van der Waals surface area contributed by atoms with Crippen molar-refractivity contribution in [1.29, 1.82) is 0 Å². The number of hydrogen-bond acceptors (Lipinski definition) is 6. The lowest BCUT2D eigenvalue weighted by Crippen LogP contribution is -2.41. The summed E-state index contributed by atoms with van der Waals surface area (Å²) >= 11 is 2.82. The van der Waals surface area contributed by atoms with Crippen LogP contribution in [0.25, 0.3) is 10.2 Å². The molecular formula is C25H28N4O3S2. The number of rotatable bonds is 7. The van der Waals surface area contributed by atoms with Crippen LogP contribution in [0.5, 0.6) is 0 Å². The minimum absolute atomic E-state index is 0.0174. The standard InChI is InChI=1S/C25H28N4O3S2/c1-15-7-10-18-19(13-15)34-22-21(18)23(31)29(12-11-16-5-3-2-4-6-16)25(28-22)33-14-20(30)27-24(32)26-17-8-9-17/h2-6,15,17H,7-14H2,1H3,(H2,26,27,30,32). The van der Waals surface area contributed by atoms with Gasteiger partial charge in [0.25, 0.3) is 5.56 Å². The third kappa shape index (κ3) is 5.20. The number of benzene rings is 1. The topological polar surface area (TPSA) is 93.1 Å². The molecule has 1 fully saturated rings. The number of thiophene rings is 1. The Morgan fingerprint density at radius 1 is 1.21 bits per heavy atom. The third-order valence-electron chi connectivity index (χ3n) is 6.35. The Bertz CT molecular complexity index is 1280. The summed E-state index contributed by atoms with van der Waals surface area (Å²) in [6, 6.07) is 9.76. The van der Waals surface area contributed by atoms with Gasteiger partial charge in [0.15, 0.2) is 5.16 Å². The lowest BCUT2D eigenvalue weighted by molar-refractivity contribution is -0.117. The fraction of sp³-hybridized carbons (Fsp3) is 0.440. The van der Waals surface area contributed by atoms with E-state index in [2.05, 4.69) is 17.6 Å². The molecular weight excluding hydrogens is 468 g/mol. The summed E-state index contributed by atoms with van der Waals surface area (Å²) in [4.78, 5) is 44.8. The van der Waals surface area contributed by atoms with Gasteiger partial charge in [-0.1, -0.05) is 49.0 Å². The van der Waals surface area contributed by atoms with Crippen LogP contribution in [0.4, 0.5) is 4.79 Å². The van der Waals surface area contributed by atoms with E-state index in [1.165, 1.54) is 16.6 Å². The highest BCUT2D eigenvalue weighted by molar-refractivity contribution is 7.99. The molecule has 7 nitrogen and oxygen atoms in total. The van der Waals surface area contributed by atoms with Crippen LogP contribution in [-0.2, 0) is 30.6 Å². The van der Waals surface area contributed by atoms with Crippen molar-refractivity contribution in [3.63, 3.8) is 0 Å². The van der Waals surface area contributed by atoms with Crippen LogP contribution in [0.1, 0.15) is 42.2 Å². The van der Waals surface area contributed by atoms with Gasteiger partial charge in [0.05, 0.1) is 11.1 Å². The summed E-state index contributed by atoms with van der Waals surface area (Å²) in [7, 11) is 0. The van der Waals surface area contributed by atoms with E-state index in [9.17, 15) is 14.4 Å². The normalized spacial score (nSPS) is 17.4. The van der Waals surface area contributed by atoms with Crippen molar-refractivity contribution in [1.82, 2.24) is 20.2 Å². The van der Waals surface area contributed by atoms with Gasteiger partial charge < -0.3 is 5.32 Å². The highest BCUT2D eigenvalue weighted by Gasteiger charge is 2.26. The molecule has 0 spiro atoms. The second kappa shape index (κ2) is 9.92. The molecule has 0 radical (unpaired) electrons. The zero-order valence-corrected chi connectivity index (χ0v) is 20.8. The molecule has 1 aromatic carbocycles. The summed E-state index contributed by atoms with van der Waals surface area (Å²) in [6.45, 7) is 2.73.